The van der Waals surface area contributed by atoms with Crippen LogP contribution in [0.4, 0.5) is 0 Å². The van der Waals surface area contributed by atoms with Crippen LogP contribution in [0.5, 0.6) is 0 Å². The number of nitrogens with one attached hydrogen (secondary N) is 2. The van der Waals surface area contributed by atoms with E-state index in [9.17, 15) is 9.59 Å². The molecule has 0 aliphatic rings. The molecule has 0 spiro atoms. The summed E-state index contributed by atoms with van der Waals surface area (Å²) < 4.78 is 4.37. The van der Waals surface area contributed by atoms with Crippen LogP contribution < -0.4 is 10.9 Å². The minimum absolute atomic E-state index is 0.204. The average molecular weight is 146 g/mol. The summed E-state index contributed by atoms with van der Waals surface area (Å²) in [6, 6.07) is 0. The van der Waals surface area contributed by atoms with Gasteiger partial charge in [0.2, 0.25) is 0 Å². The van der Waals surface area contributed by atoms with Crippen LogP contribution in [0.25, 0.3) is 0 Å². The summed E-state index contributed by atoms with van der Waals surface area (Å²) in [5, 5.41) is 0. The van der Waals surface area contributed by atoms with E-state index in [1.807, 2.05) is 0 Å². The number of carbonyl (C=O) groups is 2. The molecular formula is C5H10N2O3. The van der Waals surface area contributed by atoms with Crippen molar-refractivity contribution in [3.8, 4) is 0 Å². The zero-order valence-electron chi connectivity index (χ0n) is 5.93. The molecule has 0 aliphatic carbocycles. The molecule has 2 N–H and O–H groups in total. The molecule has 0 radical (unpaired) electrons. The van der Waals surface area contributed by atoms with Gasteiger partial charge in [-0.1, -0.05) is 0 Å². The average Bonchev–Trinajstić information content (AvgIpc) is 1.89. The third-order valence-electron chi connectivity index (χ3n) is 0.699. The Bertz CT molecular complexity index is 119. The number of esters is 1. The zero-order valence-corrected chi connectivity index (χ0v) is 5.93. The van der Waals surface area contributed by atoms with Gasteiger partial charge in [-0.3, -0.25) is 10.2 Å². The Labute approximate surface area is 58.7 Å². The fourth-order valence-electron chi connectivity index (χ4n) is 0.361. The molecule has 0 atom stereocenters. The summed E-state index contributed by atoms with van der Waals surface area (Å²) >= 11 is 0. The summed E-state index contributed by atoms with van der Waals surface area (Å²) in [4.78, 5) is 20.9. The molecule has 0 saturated carbocycles. The maximum absolute atomic E-state index is 10.5. The minimum Gasteiger partial charge on any atom is -0.459 e. The van der Waals surface area contributed by atoms with Gasteiger partial charge in [-0.25, -0.2) is 10.2 Å². The Morgan fingerprint density at radius 3 is 2.50 bits per heavy atom. The van der Waals surface area contributed by atoms with Gasteiger partial charge >= 0.3 is 11.9 Å². The highest BCUT2D eigenvalue weighted by Gasteiger charge is 2.11. The third-order valence-corrected chi connectivity index (χ3v) is 0.699. The molecule has 5 heteroatoms. The smallest absolute Gasteiger partial charge is 0.398 e. The van der Waals surface area contributed by atoms with Crippen molar-refractivity contribution in [2.45, 2.75) is 6.92 Å². The monoisotopic (exact) mass is 146 g/mol. The van der Waals surface area contributed by atoms with Crippen molar-refractivity contribution in [1.82, 2.24) is 10.9 Å². The first kappa shape index (κ1) is 8.90. The van der Waals surface area contributed by atoms with E-state index >= 15 is 0 Å². The van der Waals surface area contributed by atoms with E-state index in [4.69, 9.17) is 0 Å². The van der Waals surface area contributed by atoms with Crippen molar-refractivity contribution in [2.24, 2.45) is 0 Å². The Kier molecular flexibility index (Phi) is 4.23. The second-order valence-corrected chi connectivity index (χ2v) is 1.42. The fourth-order valence-corrected chi connectivity index (χ4v) is 0.361. The van der Waals surface area contributed by atoms with Gasteiger partial charge in [-0.2, -0.15) is 0 Å². The number of ether oxygens (including phenoxy) is 1. The predicted molar refractivity (Wildman–Crippen MR) is 33.8 cm³/mol. The molecule has 58 valence electrons. The lowest BCUT2D eigenvalue weighted by Crippen LogP contribution is -2.40. The number of hydrogen-bond acceptors (Lipinski definition) is 4. The van der Waals surface area contributed by atoms with Gasteiger partial charge < -0.3 is 4.74 Å². The first-order valence-electron chi connectivity index (χ1n) is 2.86. The molecule has 1 amide bonds. The van der Waals surface area contributed by atoms with E-state index in [2.05, 4.69) is 15.6 Å². The maximum Gasteiger partial charge on any atom is 0.398 e. The van der Waals surface area contributed by atoms with Crippen molar-refractivity contribution in [3.63, 3.8) is 0 Å². The lowest BCUT2D eigenvalue weighted by Gasteiger charge is -2.00. The van der Waals surface area contributed by atoms with Crippen LogP contribution in [-0.2, 0) is 14.3 Å². The first-order valence-corrected chi connectivity index (χ1v) is 2.86. The molecule has 0 unspecified atom stereocenters. The largest absolute Gasteiger partial charge is 0.459 e. The van der Waals surface area contributed by atoms with Gasteiger partial charge in [0.1, 0.15) is 0 Å². The molecule has 10 heavy (non-hydrogen) atoms. The molecule has 0 bridgehead atoms. The van der Waals surface area contributed by atoms with Crippen molar-refractivity contribution >= 4 is 11.9 Å². The van der Waals surface area contributed by atoms with E-state index in [1.54, 1.807) is 6.92 Å². The molecule has 0 fully saturated rings. The fraction of sp³-hybridized carbons (Fsp3) is 0.600. The third kappa shape index (κ3) is 3.03. The number of amides is 1. The van der Waals surface area contributed by atoms with Gasteiger partial charge in [0.15, 0.2) is 0 Å². The van der Waals surface area contributed by atoms with Crippen molar-refractivity contribution in [1.29, 1.82) is 0 Å². The van der Waals surface area contributed by atoms with Crippen LogP contribution in [0, 0.1) is 0 Å². The van der Waals surface area contributed by atoms with Crippen LogP contribution in [0.1, 0.15) is 6.92 Å². The highest BCUT2D eigenvalue weighted by molar-refractivity contribution is 6.32. The number of hydrogen-bond donors (Lipinski definition) is 2. The number of rotatable bonds is 2. The topological polar surface area (TPSA) is 67.4 Å². The standard InChI is InChI=1S/C5H10N2O3/c1-3-10-5(9)4(8)7-6-2/h6H,3H2,1-2H3,(H,7,8). The molecule has 5 nitrogen and oxygen atoms in total. The van der Waals surface area contributed by atoms with E-state index < -0.39 is 11.9 Å². The van der Waals surface area contributed by atoms with Crippen LogP contribution in [0.3, 0.4) is 0 Å². The van der Waals surface area contributed by atoms with Gasteiger partial charge in [-0.15, -0.1) is 0 Å². The molecule has 0 aromatic rings. The van der Waals surface area contributed by atoms with Gasteiger partial charge in [0.25, 0.3) is 0 Å². The Balaban J connectivity index is 3.60. The Hall–Kier alpha value is -1.10. The molecule has 0 rings (SSSR count). The van der Waals surface area contributed by atoms with Crippen molar-refractivity contribution in [3.05, 3.63) is 0 Å². The lowest BCUT2D eigenvalue weighted by molar-refractivity contribution is -0.154. The van der Waals surface area contributed by atoms with E-state index in [1.165, 1.54) is 7.05 Å². The molecule has 0 saturated heterocycles. The van der Waals surface area contributed by atoms with E-state index in [0.29, 0.717) is 0 Å². The van der Waals surface area contributed by atoms with Crippen LogP contribution >= 0.6 is 0 Å². The normalized spacial score (nSPS) is 8.60. The molecule has 0 heterocycles. The quantitative estimate of drug-likeness (QED) is 0.292. The van der Waals surface area contributed by atoms with Crippen LogP contribution in [0.2, 0.25) is 0 Å². The predicted octanol–water partition coefficient (Wildman–Crippen LogP) is -1.20. The van der Waals surface area contributed by atoms with Gasteiger partial charge in [0, 0.05) is 7.05 Å². The highest BCUT2D eigenvalue weighted by atomic mass is 16.5. The second kappa shape index (κ2) is 4.75. The summed E-state index contributed by atoms with van der Waals surface area (Å²) in [7, 11) is 1.48. The summed E-state index contributed by atoms with van der Waals surface area (Å²) in [5.41, 5.74) is 4.37. The lowest BCUT2D eigenvalue weighted by atomic mass is 10.6. The van der Waals surface area contributed by atoms with E-state index in [0.717, 1.165) is 0 Å². The number of carbonyl (C=O) groups excluding carboxylic acids is 2. The van der Waals surface area contributed by atoms with Gasteiger partial charge in [0.05, 0.1) is 6.61 Å². The molecular weight excluding hydrogens is 136 g/mol. The Morgan fingerprint density at radius 1 is 1.50 bits per heavy atom. The van der Waals surface area contributed by atoms with Crippen LogP contribution in [0.15, 0.2) is 0 Å². The molecule has 0 aromatic heterocycles. The molecule has 0 aliphatic heterocycles. The summed E-state index contributed by atoms with van der Waals surface area (Å²) in [6.45, 7) is 1.83. The van der Waals surface area contributed by atoms with Gasteiger partial charge in [-0.05, 0) is 6.92 Å². The zero-order chi connectivity index (χ0) is 7.98. The minimum atomic E-state index is -0.878. The maximum atomic E-state index is 10.5. The summed E-state index contributed by atoms with van der Waals surface area (Å²) in [6.07, 6.45) is 0. The van der Waals surface area contributed by atoms with E-state index in [-0.39, 0.29) is 6.61 Å². The van der Waals surface area contributed by atoms with Crippen LogP contribution in [-0.4, -0.2) is 25.5 Å². The molecule has 0 aromatic carbocycles. The Morgan fingerprint density at radius 2 is 2.10 bits per heavy atom. The second-order valence-electron chi connectivity index (χ2n) is 1.42. The SMILES string of the molecule is CCOC(=O)C(=O)NNC. The first-order chi connectivity index (χ1) is 4.72. The summed E-state index contributed by atoms with van der Waals surface area (Å²) in [5.74, 6) is -1.67. The highest BCUT2D eigenvalue weighted by Crippen LogP contribution is 1.75. The van der Waals surface area contributed by atoms with Crippen molar-refractivity contribution < 1.29 is 14.3 Å². The van der Waals surface area contributed by atoms with Crippen molar-refractivity contribution in [2.75, 3.05) is 13.7 Å². The number of hydrazine groups is 1.